The number of halogens is 1. The number of hydrazine groups is 1. The number of amides is 1. The molecule has 0 bridgehead atoms. The predicted octanol–water partition coefficient (Wildman–Crippen LogP) is 3.25. The molecule has 0 atom stereocenters. The van der Waals surface area contributed by atoms with Crippen LogP contribution in [-0.2, 0) is 0 Å². The molecule has 1 amide bonds. The fourth-order valence-corrected chi connectivity index (χ4v) is 1.78. The summed E-state index contributed by atoms with van der Waals surface area (Å²) in [5.74, 6) is -0.303. The highest BCUT2D eigenvalue weighted by atomic mass is 35.5. The molecule has 0 spiro atoms. The van der Waals surface area contributed by atoms with Crippen LogP contribution in [-0.4, -0.2) is 5.91 Å². The average molecular weight is 273 g/mol. The van der Waals surface area contributed by atoms with Crippen molar-refractivity contribution in [1.82, 2.24) is 10.9 Å². The highest BCUT2D eigenvalue weighted by Crippen LogP contribution is 2.14. The van der Waals surface area contributed by atoms with E-state index >= 15 is 0 Å². The van der Waals surface area contributed by atoms with Gasteiger partial charge in [0.2, 0.25) is 0 Å². The second kappa shape index (κ2) is 6.07. The van der Waals surface area contributed by atoms with Crippen LogP contribution in [0.15, 0.2) is 61.2 Å². The van der Waals surface area contributed by atoms with Gasteiger partial charge in [-0.25, -0.2) is 0 Å². The molecule has 3 nitrogen and oxygen atoms in total. The maximum atomic E-state index is 11.9. The lowest BCUT2D eigenvalue weighted by molar-refractivity contribution is 0.0942. The first kappa shape index (κ1) is 13.2. The van der Waals surface area contributed by atoms with Crippen LogP contribution in [0, 0.1) is 0 Å². The SMILES string of the molecule is C=C(NNC(=O)c1ccccc1Cl)c1ccccc1. The molecule has 2 N–H and O–H groups in total. The molecule has 19 heavy (non-hydrogen) atoms. The first-order chi connectivity index (χ1) is 9.18. The van der Waals surface area contributed by atoms with E-state index in [1.54, 1.807) is 24.3 Å². The normalized spacial score (nSPS) is 9.74. The summed E-state index contributed by atoms with van der Waals surface area (Å²) in [5, 5.41) is 0.409. The zero-order chi connectivity index (χ0) is 13.7. The van der Waals surface area contributed by atoms with E-state index in [4.69, 9.17) is 11.6 Å². The van der Waals surface area contributed by atoms with Crippen LogP contribution in [0.1, 0.15) is 15.9 Å². The highest BCUT2D eigenvalue weighted by molar-refractivity contribution is 6.33. The van der Waals surface area contributed by atoms with E-state index in [0.29, 0.717) is 16.3 Å². The van der Waals surface area contributed by atoms with Crippen LogP contribution in [0.25, 0.3) is 5.70 Å². The standard InChI is InChI=1S/C15H13ClN2O/c1-11(12-7-3-2-4-8-12)17-18-15(19)13-9-5-6-10-14(13)16/h2-10,17H,1H2,(H,18,19). The predicted molar refractivity (Wildman–Crippen MR) is 77.5 cm³/mol. The summed E-state index contributed by atoms with van der Waals surface area (Å²) in [7, 11) is 0. The maximum Gasteiger partial charge on any atom is 0.271 e. The summed E-state index contributed by atoms with van der Waals surface area (Å²) in [6.07, 6.45) is 0. The van der Waals surface area contributed by atoms with Gasteiger partial charge in [0.15, 0.2) is 0 Å². The fraction of sp³-hybridized carbons (Fsp3) is 0. The largest absolute Gasteiger partial charge is 0.298 e. The molecule has 0 aliphatic rings. The molecule has 2 aromatic carbocycles. The van der Waals surface area contributed by atoms with E-state index < -0.39 is 0 Å². The molecule has 0 heterocycles. The van der Waals surface area contributed by atoms with Crippen LogP contribution in [0.5, 0.6) is 0 Å². The Kier molecular flexibility index (Phi) is 4.21. The minimum atomic E-state index is -0.303. The Morgan fingerprint density at radius 3 is 2.26 bits per heavy atom. The molecule has 0 unspecified atom stereocenters. The number of carbonyl (C=O) groups excluding carboxylic acids is 1. The molecule has 0 aromatic heterocycles. The molecule has 4 heteroatoms. The molecule has 0 saturated heterocycles. The third-order valence-corrected chi connectivity index (χ3v) is 2.90. The summed E-state index contributed by atoms with van der Waals surface area (Å²) < 4.78 is 0. The molecule has 0 fully saturated rings. The van der Waals surface area contributed by atoms with E-state index in [2.05, 4.69) is 17.4 Å². The first-order valence-electron chi connectivity index (χ1n) is 5.73. The van der Waals surface area contributed by atoms with Gasteiger partial charge in [-0.3, -0.25) is 15.6 Å². The fourth-order valence-electron chi connectivity index (χ4n) is 1.56. The lowest BCUT2D eigenvalue weighted by atomic mass is 10.2. The number of hydrogen-bond donors (Lipinski definition) is 2. The van der Waals surface area contributed by atoms with Gasteiger partial charge < -0.3 is 0 Å². The molecule has 2 aromatic rings. The molecule has 2 rings (SSSR count). The summed E-state index contributed by atoms with van der Waals surface area (Å²) in [4.78, 5) is 11.9. The third-order valence-electron chi connectivity index (χ3n) is 2.57. The van der Waals surface area contributed by atoms with Crippen molar-refractivity contribution >= 4 is 23.2 Å². The summed E-state index contributed by atoms with van der Waals surface area (Å²) >= 11 is 5.94. The third kappa shape index (κ3) is 3.36. The van der Waals surface area contributed by atoms with E-state index in [1.165, 1.54) is 0 Å². The molecule has 96 valence electrons. The van der Waals surface area contributed by atoms with Gasteiger partial charge in [-0.05, 0) is 17.7 Å². The summed E-state index contributed by atoms with van der Waals surface area (Å²) in [5.41, 5.74) is 7.27. The van der Waals surface area contributed by atoms with Gasteiger partial charge in [-0.2, -0.15) is 0 Å². The van der Waals surface area contributed by atoms with Crippen LogP contribution >= 0.6 is 11.6 Å². The van der Waals surface area contributed by atoms with Gasteiger partial charge in [0, 0.05) is 0 Å². The Morgan fingerprint density at radius 2 is 1.58 bits per heavy atom. The van der Waals surface area contributed by atoms with Crippen molar-refractivity contribution in [2.24, 2.45) is 0 Å². The van der Waals surface area contributed by atoms with Crippen molar-refractivity contribution in [1.29, 1.82) is 0 Å². The van der Waals surface area contributed by atoms with E-state index in [9.17, 15) is 4.79 Å². The van der Waals surface area contributed by atoms with Crippen molar-refractivity contribution < 1.29 is 4.79 Å². The number of rotatable bonds is 4. The van der Waals surface area contributed by atoms with Crippen molar-refractivity contribution in [3.8, 4) is 0 Å². The van der Waals surface area contributed by atoms with E-state index in [-0.39, 0.29) is 5.91 Å². The zero-order valence-electron chi connectivity index (χ0n) is 10.2. The Bertz CT molecular complexity index is 596. The minimum Gasteiger partial charge on any atom is -0.298 e. The Hall–Kier alpha value is -2.26. The van der Waals surface area contributed by atoms with Crippen molar-refractivity contribution in [2.45, 2.75) is 0 Å². The van der Waals surface area contributed by atoms with Gasteiger partial charge in [-0.15, -0.1) is 0 Å². The highest BCUT2D eigenvalue weighted by Gasteiger charge is 2.09. The zero-order valence-corrected chi connectivity index (χ0v) is 10.9. The Morgan fingerprint density at radius 1 is 0.947 bits per heavy atom. The first-order valence-corrected chi connectivity index (χ1v) is 6.11. The van der Waals surface area contributed by atoms with Gasteiger partial charge in [0.05, 0.1) is 16.3 Å². The van der Waals surface area contributed by atoms with Gasteiger partial charge >= 0.3 is 0 Å². The van der Waals surface area contributed by atoms with Gasteiger partial charge in [0.25, 0.3) is 5.91 Å². The van der Waals surface area contributed by atoms with Crippen molar-refractivity contribution in [3.63, 3.8) is 0 Å². The van der Waals surface area contributed by atoms with E-state index in [0.717, 1.165) is 5.56 Å². The minimum absolute atomic E-state index is 0.303. The average Bonchev–Trinajstić information content (AvgIpc) is 2.46. The Balaban J connectivity index is 1.98. The summed E-state index contributed by atoms with van der Waals surface area (Å²) in [6, 6.07) is 16.4. The second-order valence-electron chi connectivity index (χ2n) is 3.90. The topological polar surface area (TPSA) is 41.1 Å². The number of hydrogen-bond acceptors (Lipinski definition) is 2. The van der Waals surface area contributed by atoms with Crippen molar-refractivity contribution in [3.05, 3.63) is 77.3 Å². The molecule has 0 aliphatic carbocycles. The van der Waals surface area contributed by atoms with E-state index in [1.807, 2.05) is 30.3 Å². The van der Waals surface area contributed by atoms with Crippen LogP contribution in [0.2, 0.25) is 5.02 Å². The smallest absolute Gasteiger partial charge is 0.271 e. The molecular weight excluding hydrogens is 260 g/mol. The van der Waals surface area contributed by atoms with Gasteiger partial charge in [-0.1, -0.05) is 60.6 Å². The van der Waals surface area contributed by atoms with Crippen molar-refractivity contribution in [2.75, 3.05) is 0 Å². The molecule has 0 radical (unpaired) electrons. The lowest BCUT2D eigenvalue weighted by Gasteiger charge is -2.11. The number of benzene rings is 2. The van der Waals surface area contributed by atoms with Crippen LogP contribution in [0.4, 0.5) is 0 Å². The Labute approximate surface area is 116 Å². The number of carbonyl (C=O) groups is 1. The summed E-state index contributed by atoms with van der Waals surface area (Å²) in [6.45, 7) is 3.85. The second-order valence-corrected chi connectivity index (χ2v) is 4.31. The van der Waals surface area contributed by atoms with Crippen LogP contribution in [0.3, 0.4) is 0 Å². The maximum absolute atomic E-state index is 11.9. The molecular formula is C15H13ClN2O. The quantitative estimate of drug-likeness (QED) is 0.839. The number of nitrogens with one attached hydrogen (secondary N) is 2. The lowest BCUT2D eigenvalue weighted by Crippen LogP contribution is -2.35. The van der Waals surface area contributed by atoms with Gasteiger partial charge in [0.1, 0.15) is 0 Å². The molecule has 0 saturated carbocycles. The molecule has 0 aliphatic heterocycles. The monoisotopic (exact) mass is 272 g/mol. The van der Waals surface area contributed by atoms with Crippen LogP contribution < -0.4 is 10.9 Å².